The standard InChI is InChI=1S/C15H15BrN4O4S/c16-13-9-17-10-14(20(21)22)15(13)18-8-11-3-1-4-12(7-11)19-5-2-6-25(19,23)24/h1,3-4,7,9-10H,2,5-6,8H2,(H,17,18). The van der Waals surface area contributed by atoms with Crippen LogP contribution in [0.4, 0.5) is 17.1 Å². The Morgan fingerprint density at radius 1 is 1.36 bits per heavy atom. The quantitative estimate of drug-likeness (QED) is 0.581. The first-order valence-electron chi connectivity index (χ1n) is 7.49. The summed E-state index contributed by atoms with van der Waals surface area (Å²) in [5, 5.41) is 14.1. The molecular formula is C15H15BrN4O4S. The second kappa shape index (κ2) is 6.96. The molecule has 0 spiro atoms. The Balaban J connectivity index is 1.82. The van der Waals surface area contributed by atoms with Gasteiger partial charge in [-0.25, -0.2) is 8.42 Å². The normalized spacial score (nSPS) is 16.0. The van der Waals surface area contributed by atoms with Gasteiger partial charge in [0, 0.05) is 19.3 Å². The van der Waals surface area contributed by atoms with Gasteiger partial charge in [-0.3, -0.25) is 19.4 Å². The van der Waals surface area contributed by atoms with Crippen molar-refractivity contribution < 1.29 is 13.3 Å². The van der Waals surface area contributed by atoms with Crippen molar-refractivity contribution in [3.05, 3.63) is 56.8 Å². The van der Waals surface area contributed by atoms with Gasteiger partial charge in [-0.2, -0.15) is 0 Å². The maximum atomic E-state index is 12.0. The van der Waals surface area contributed by atoms with E-state index in [0.29, 0.717) is 35.4 Å². The van der Waals surface area contributed by atoms with Crippen LogP contribution in [0.2, 0.25) is 0 Å². The number of sulfonamides is 1. The molecule has 2 heterocycles. The van der Waals surface area contributed by atoms with E-state index >= 15 is 0 Å². The molecule has 25 heavy (non-hydrogen) atoms. The highest BCUT2D eigenvalue weighted by Crippen LogP contribution is 2.32. The van der Waals surface area contributed by atoms with E-state index in [9.17, 15) is 18.5 Å². The van der Waals surface area contributed by atoms with E-state index in [1.54, 1.807) is 18.2 Å². The number of halogens is 1. The minimum absolute atomic E-state index is 0.132. The summed E-state index contributed by atoms with van der Waals surface area (Å²) in [5.41, 5.74) is 1.63. The van der Waals surface area contributed by atoms with Crippen molar-refractivity contribution in [2.24, 2.45) is 0 Å². The van der Waals surface area contributed by atoms with Gasteiger partial charge in [-0.1, -0.05) is 12.1 Å². The molecule has 0 bridgehead atoms. The Bertz CT molecular complexity index is 919. The maximum Gasteiger partial charge on any atom is 0.311 e. The summed E-state index contributed by atoms with van der Waals surface area (Å²) in [6.45, 7) is 0.784. The summed E-state index contributed by atoms with van der Waals surface area (Å²) < 4.78 is 26.0. The highest BCUT2D eigenvalue weighted by Gasteiger charge is 2.28. The minimum Gasteiger partial charge on any atom is -0.374 e. The Hall–Kier alpha value is -2.20. The first kappa shape index (κ1) is 17.6. The fraction of sp³-hybridized carbons (Fsp3) is 0.267. The summed E-state index contributed by atoms with van der Waals surface area (Å²) in [4.78, 5) is 14.4. The number of rotatable bonds is 5. The third-order valence-electron chi connectivity index (χ3n) is 3.84. The molecule has 8 nitrogen and oxygen atoms in total. The van der Waals surface area contributed by atoms with Crippen LogP contribution in [0.25, 0.3) is 0 Å². The molecule has 10 heteroatoms. The van der Waals surface area contributed by atoms with Crippen LogP contribution < -0.4 is 9.62 Å². The van der Waals surface area contributed by atoms with Crippen LogP contribution in [0, 0.1) is 10.1 Å². The van der Waals surface area contributed by atoms with Crippen LogP contribution in [0.15, 0.2) is 41.1 Å². The predicted molar refractivity (Wildman–Crippen MR) is 98.1 cm³/mol. The minimum atomic E-state index is -3.24. The molecule has 132 valence electrons. The first-order chi connectivity index (χ1) is 11.9. The van der Waals surface area contributed by atoms with Crippen LogP contribution in [-0.4, -0.2) is 30.6 Å². The van der Waals surface area contributed by atoms with Crippen molar-refractivity contribution in [3.63, 3.8) is 0 Å². The maximum absolute atomic E-state index is 12.0. The molecule has 0 amide bonds. The van der Waals surface area contributed by atoms with Gasteiger partial charge in [0.15, 0.2) is 0 Å². The van der Waals surface area contributed by atoms with E-state index in [0.717, 1.165) is 5.56 Å². The number of nitrogens with one attached hydrogen (secondary N) is 1. The number of benzene rings is 1. The van der Waals surface area contributed by atoms with E-state index in [4.69, 9.17) is 0 Å². The summed E-state index contributed by atoms with van der Waals surface area (Å²) in [6.07, 6.45) is 3.27. The van der Waals surface area contributed by atoms with Gasteiger partial charge in [0.25, 0.3) is 0 Å². The average molecular weight is 427 g/mol. The molecule has 1 fully saturated rings. The SMILES string of the molecule is O=[N+]([O-])c1cncc(Br)c1NCc1cccc(N2CCCS2(=O)=O)c1. The third-order valence-corrected chi connectivity index (χ3v) is 6.31. The van der Waals surface area contributed by atoms with Gasteiger partial charge in [0.05, 0.1) is 20.8 Å². The zero-order valence-electron chi connectivity index (χ0n) is 13.1. The van der Waals surface area contributed by atoms with Crippen LogP contribution >= 0.6 is 15.9 Å². The number of anilines is 2. The predicted octanol–water partition coefficient (Wildman–Crippen LogP) is 2.90. The molecule has 1 aromatic heterocycles. The molecule has 1 aliphatic rings. The fourth-order valence-corrected chi connectivity index (χ4v) is 4.70. The van der Waals surface area contributed by atoms with Crippen LogP contribution in [-0.2, 0) is 16.6 Å². The summed E-state index contributed by atoms with van der Waals surface area (Å²) >= 11 is 3.26. The number of hydrogen-bond donors (Lipinski definition) is 1. The van der Waals surface area contributed by atoms with Crippen molar-refractivity contribution >= 4 is 43.0 Å². The van der Waals surface area contributed by atoms with E-state index in [2.05, 4.69) is 26.2 Å². The first-order valence-corrected chi connectivity index (χ1v) is 9.90. The lowest BCUT2D eigenvalue weighted by Gasteiger charge is -2.18. The second-order valence-electron chi connectivity index (χ2n) is 5.54. The summed E-state index contributed by atoms with van der Waals surface area (Å²) in [6, 6.07) is 7.13. The van der Waals surface area contributed by atoms with Crippen molar-refractivity contribution in [2.75, 3.05) is 21.9 Å². The Kier molecular flexibility index (Phi) is 4.91. The van der Waals surface area contributed by atoms with Gasteiger partial charge < -0.3 is 5.32 Å². The molecule has 1 saturated heterocycles. The topological polar surface area (TPSA) is 105 Å². The van der Waals surface area contributed by atoms with Gasteiger partial charge in [0.1, 0.15) is 11.9 Å². The van der Waals surface area contributed by atoms with Crippen LogP contribution in [0.1, 0.15) is 12.0 Å². The number of hydrogen-bond acceptors (Lipinski definition) is 6. The van der Waals surface area contributed by atoms with E-state index in [-0.39, 0.29) is 11.4 Å². The summed E-state index contributed by atoms with van der Waals surface area (Å²) in [5.74, 6) is 0.158. The van der Waals surface area contributed by atoms with E-state index < -0.39 is 14.9 Å². The molecule has 2 aromatic rings. The summed E-state index contributed by atoms with van der Waals surface area (Å²) in [7, 11) is -3.24. The lowest BCUT2D eigenvalue weighted by molar-refractivity contribution is -0.384. The van der Waals surface area contributed by atoms with Crippen LogP contribution in [0.5, 0.6) is 0 Å². The van der Waals surface area contributed by atoms with Crippen molar-refractivity contribution in [1.29, 1.82) is 0 Å². The van der Waals surface area contributed by atoms with E-state index in [1.165, 1.54) is 16.7 Å². The number of aromatic nitrogens is 1. The molecule has 1 aliphatic heterocycles. The third kappa shape index (κ3) is 3.74. The zero-order chi connectivity index (χ0) is 18.0. The van der Waals surface area contributed by atoms with Gasteiger partial charge in [0.2, 0.25) is 10.0 Å². The average Bonchev–Trinajstić information content (AvgIpc) is 2.93. The number of nitro groups is 1. The van der Waals surface area contributed by atoms with Gasteiger partial charge in [-0.15, -0.1) is 0 Å². The highest BCUT2D eigenvalue weighted by atomic mass is 79.9. The fourth-order valence-electron chi connectivity index (χ4n) is 2.68. The van der Waals surface area contributed by atoms with Crippen molar-refractivity contribution in [2.45, 2.75) is 13.0 Å². The Morgan fingerprint density at radius 3 is 2.84 bits per heavy atom. The van der Waals surface area contributed by atoms with E-state index in [1.807, 2.05) is 6.07 Å². The smallest absolute Gasteiger partial charge is 0.311 e. The molecule has 0 saturated carbocycles. The van der Waals surface area contributed by atoms with Gasteiger partial charge >= 0.3 is 5.69 Å². The molecule has 3 rings (SSSR count). The molecule has 0 aliphatic carbocycles. The van der Waals surface area contributed by atoms with Crippen LogP contribution in [0.3, 0.4) is 0 Å². The van der Waals surface area contributed by atoms with Crippen molar-refractivity contribution in [3.8, 4) is 0 Å². The largest absolute Gasteiger partial charge is 0.374 e. The molecule has 0 radical (unpaired) electrons. The van der Waals surface area contributed by atoms with Crippen molar-refractivity contribution in [1.82, 2.24) is 4.98 Å². The molecule has 1 N–H and O–H groups in total. The zero-order valence-corrected chi connectivity index (χ0v) is 15.5. The Morgan fingerprint density at radius 2 is 2.16 bits per heavy atom. The highest BCUT2D eigenvalue weighted by molar-refractivity contribution is 9.10. The number of nitrogens with zero attached hydrogens (tertiary/aromatic N) is 3. The number of pyridine rings is 1. The Labute approximate surface area is 153 Å². The monoisotopic (exact) mass is 426 g/mol. The molecule has 0 unspecified atom stereocenters. The van der Waals surface area contributed by atoms with Gasteiger partial charge in [-0.05, 0) is 40.0 Å². The molecule has 0 atom stereocenters. The lowest BCUT2D eigenvalue weighted by atomic mass is 10.2. The molecule has 1 aromatic carbocycles. The second-order valence-corrected chi connectivity index (χ2v) is 8.40. The lowest BCUT2D eigenvalue weighted by Crippen LogP contribution is -2.25. The molecular weight excluding hydrogens is 412 g/mol.